The van der Waals surface area contributed by atoms with Crippen molar-refractivity contribution in [2.24, 2.45) is 7.05 Å². The highest BCUT2D eigenvalue weighted by Gasteiger charge is 2.12. The van der Waals surface area contributed by atoms with Gasteiger partial charge in [0.2, 0.25) is 12.4 Å². The quantitative estimate of drug-likeness (QED) is 0.759. The average molecular weight is 191 g/mol. The highest BCUT2D eigenvalue weighted by Crippen LogP contribution is 2.07. The molecule has 0 aliphatic carbocycles. The van der Waals surface area contributed by atoms with Gasteiger partial charge in [-0.25, -0.2) is 13.5 Å². The summed E-state index contributed by atoms with van der Waals surface area (Å²) in [5, 5.41) is 13.3. The number of halogens is 2. The SMILES string of the molecule is CC(CC(F)F)Nc1nnnn1C. The van der Waals surface area contributed by atoms with Gasteiger partial charge >= 0.3 is 0 Å². The summed E-state index contributed by atoms with van der Waals surface area (Å²) < 4.78 is 25.2. The van der Waals surface area contributed by atoms with E-state index in [-0.39, 0.29) is 12.5 Å². The first-order valence-corrected chi connectivity index (χ1v) is 3.86. The number of aromatic nitrogens is 4. The fourth-order valence-electron chi connectivity index (χ4n) is 0.898. The number of nitrogens with one attached hydrogen (secondary N) is 1. The largest absolute Gasteiger partial charge is 0.350 e. The van der Waals surface area contributed by atoms with E-state index in [1.54, 1.807) is 14.0 Å². The Labute approximate surface area is 74.1 Å². The van der Waals surface area contributed by atoms with E-state index in [2.05, 4.69) is 20.8 Å². The molecule has 1 aromatic heterocycles. The number of hydrogen-bond donors (Lipinski definition) is 1. The fourth-order valence-corrected chi connectivity index (χ4v) is 0.898. The molecule has 0 bridgehead atoms. The smallest absolute Gasteiger partial charge is 0.242 e. The van der Waals surface area contributed by atoms with E-state index in [1.807, 2.05) is 0 Å². The molecule has 1 rings (SSSR count). The van der Waals surface area contributed by atoms with Crippen molar-refractivity contribution in [3.8, 4) is 0 Å². The second kappa shape index (κ2) is 4.11. The van der Waals surface area contributed by atoms with Crippen molar-refractivity contribution < 1.29 is 8.78 Å². The third kappa shape index (κ3) is 2.92. The Morgan fingerprint density at radius 2 is 2.23 bits per heavy atom. The van der Waals surface area contributed by atoms with Crippen molar-refractivity contribution in [1.82, 2.24) is 20.2 Å². The minimum absolute atomic E-state index is 0.215. The van der Waals surface area contributed by atoms with Crippen LogP contribution < -0.4 is 5.32 Å². The van der Waals surface area contributed by atoms with Crippen molar-refractivity contribution in [2.75, 3.05) is 5.32 Å². The van der Waals surface area contributed by atoms with Gasteiger partial charge in [0.25, 0.3) is 0 Å². The van der Waals surface area contributed by atoms with Crippen LogP contribution in [-0.2, 0) is 7.05 Å². The monoisotopic (exact) mass is 191 g/mol. The summed E-state index contributed by atoms with van der Waals surface area (Å²) in [6.45, 7) is 1.65. The summed E-state index contributed by atoms with van der Waals surface area (Å²) in [7, 11) is 1.64. The van der Waals surface area contributed by atoms with Gasteiger partial charge in [-0.05, 0) is 17.4 Å². The minimum atomic E-state index is -2.32. The van der Waals surface area contributed by atoms with Crippen LogP contribution in [0.25, 0.3) is 0 Å². The van der Waals surface area contributed by atoms with Gasteiger partial charge in [-0.15, -0.1) is 0 Å². The summed E-state index contributed by atoms with van der Waals surface area (Å²) in [4.78, 5) is 0. The van der Waals surface area contributed by atoms with Crippen molar-refractivity contribution in [1.29, 1.82) is 0 Å². The van der Waals surface area contributed by atoms with Gasteiger partial charge in [0.05, 0.1) is 0 Å². The van der Waals surface area contributed by atoms with Crippen LogP contribution >= 0.6 is 0 Å². The van der Waals surface area contributed by atoms with E-state index in [1.165, 1.54) is 4.68 Å². The standard InChI is InChI=1S/C6H11F2N5/c1-4(3-5(7)8)9-6-10-11-12-13(6)2/h4-5H,3H2,1-2H3,(H,9,10,12). The van der Waals surface area contributed by atoms with Gasteiger partial charge in [0, 0.05) is 19.5 Å². The molecule has 13 heavy (non-hydrogen) atoms. The predicted molar refractivity (Wildman–Crippen MR) is 42.5 cm³/mol. The molecule has 0 aromatic carbocycles. The van der Waals surface area contributed by atoms with E-state index in [9.17, 15) is 8.78 Å². The summed E-state index contributed by atoms with van der Waals surface area (Å²) in [5.74, 6) is 0.396. The Balaban J connectivity index is 2.45. The van der Waals surface area contributed by atoms with Crippen molar-refractivity contribution in [3.63, 3.8) is 0 Å². The van der Waals surface area contributed by atoms with Crippen LogP contribution in [0.4, 0.5) is 14.7 Å². The van der Waals surface area contributed by atoms with Crippen molar-refractivity contribution in [3.05, 3.63) is 0 Å². The van der Waals surface area contributed by atoms with Crippen LogP contribution in [-0.4, -0.2) is 32.7 Å². The second-order valence-corrected chi connectivity index (χ2v) is 2.80. The molecule has 0 fully saturated rings. The maximum atomic E-state index is 11.9. The number of tetrazole rings is 1. The lowest BCUT2D eigenvalue weighted by Crippen LogP contribution is -2.20. The average Bonchev–Trinajstić information content (AvgIpc) is 2.34. The molecule has 0 saturated heterocycles. The molecule has 0 aliphatic heterocycles. The van der Waals surface area contributed by atoms with Gasteiger partial charge < -0.3 is 5.32 Å². The molecule has 0 amide bonds. The molecule has 0 spiro atoms. The third-order valence-corrected chi connectivity index (χ3v) is 1.53. The van der Waals surface area contributed by atoms with E-state index in [0.717, 1.165) is 0 Å². The zero-order chi connectivity index (χ0) is 9.84. The van der Waals surface area contributed by atoms with Crippen LogP contribution in [0.3, 0.4) is 0 Å². The van der Waals surface area contributed by atoms with E-state index in [0.29, 0.717) is 5.95 Å². The van der Waals surface area contributed by atoms with E-state index >= 15 is 0 Å². The number of alkyl halides is 2. The van der Waals surface area contributed by atoms with Gasteiger partial charge in [0.15, 0.2) is 0 Å². The van der Waals surface area contributed by atoms with Crippen LogP contribution in [0.5, 0.6) is 0 Å². The van der Waals surface area contributed by atoms with Crippen LogP contribution in [0.1, 0.15) is 13.3 Å². The van der Waals surface area contributed by atoms with E-state index in [4.69, 9.17) is 0 Å². The first kappa shape index (κ1) is 9.82. The van der Waals surface area contributed by atoms with Crippen molar-refractivity contribution >= 4 is 5.95 Å². The summed E-state index contributed by atoms with van der Waals surface area (Å²) in [6.07, 6.45) is -2.53. The molecular formula is C6H11F2N5. The molecule has 1 atom stereocenters. The lowest BCUT2D eigenvalue weighted by atomic mass is 10.2. The van der Waals surface area contributed by atoms with Crippen LogP contribution in [0.15, 0.2) is 0 Å². The van der Waals surface area contributed by atoms with Crippen LogP contribution in [0.2, 0.25) is 0 Å². The molecule has 7 heteroatoms. The molecule has 1 unspecified atom stereocenters. The topological polar surface area (TPSA) is 55.6 Å². The maximum absolute atomic E-state index is 11.9. The number of anilines is 1. The molecule has 1 N–H and O–H groups in total. The van der Waals surface area contributed by atoms with Crippen molar-refractivity contribution in [2.45, 2.75) is 25.8 Å². The molecular weight excluding hydrogens is 180 g/mol. The highest BCUT2D eigenvalue weighted by atomic mass is 19.3. The first-order chi connectivity index (χ1) is 6.09. The predicted octanol–water partition coefficient (Wildman–Crippen LogP) is 0.666. The highest BCUT2D eigenvalue weighted by molar-refractivity contribution is 5.22. The molecule has 0 aliphatic rings. The molecule has 5 nitrogen and oxygen atoms in total. The molecule has 0 radical (unpaired) electrons. The Hall–Kier alpha value is -1.27. The first-order valence-electron chi connectivity index (χ1n) is 3.86. The lowest BCUT2D eigenvalue weighted by molar-refractivity contribution is 0.133. The maximum Gasteiger partial charge on any atom is 0.242 e. The Bertz CT molecular complexity index is 261. The fraction of sp³-hybridized carbons (Fsp3) is 0.833. The molecule has 74 valence electrons. The summed E-state index contributed by atoms with van der Waals surface area (Å²) >= 11 is 0. The van der Waals surface area contributed by atoms with E-state index < -0.39 is 6.43 Å². The Morgan fingerprint density at radius 1 is 1.54 bits per heavy atom. The minimum Gasteiger partial charge on any atom is -0.350 e. The zero-order valence-electron chi connectivity index (χ0n) is 7.41. The molecule has 1 heterocycles. The number of hydrogen-bond acceptors (Lipinski definition) is 4. The number of nitrogens with zero attached hydrogens (tertiary/aromatic N) is 4. The van der Waals surface area contributed by atoms with Gasteiger partial charge in [-0.2, -0.15) is 0 Å². The Kier molecular flexibility index (Phi) is 3.10. The number of rotatable bonds is 4. The second-order valence-electron chi connectivity index (χ2n) is 2.80. The normalized spacial score (nSPS) is 13.3. The zero-order valence-corrected chi connectivity index (χ0v) is 7.41. The summed E-state index contributed by atoms with van der Waals surface area (Å²) in [6, 6.07) is -0.343. The van der Waals surface area contributed by atoms with Gasteiger partial charge in [-0.3, -0.25) is 0 Å². The molecule has 1 aromatic rings. The third-order valence-electron chi connectivity index (χ3n) is 1.53. The molecule has 0 saturated carbocycles. The van der Waals surface area contributed by atoms with Crippen LogP contribution in [0, 0.1) is 0 Å². The van der Waals surface area contributed by atoms with Gasteiger partial charge in [-0.1, -0.05) is 5.10 Å². The Morgan fingerprint density at radius 3 is 2.69 bits per heavy atom. The summed E-state index contributed by atoms with van der Waals surface area (Å²) in [5.41, 5.74) is 0. The van der Waals surface area contributed by atoms with Gasteiger partial charge in [0.1, 0.15) is 0 Å². The number of aryl methyl sites for hydroxylation is 1. The lowest BCUT2D eigenvalue weighted by Gasteiger charge is -2.11.